The van der Waals surface area contributed by atoms with Crippen LogP contribution in [-0.2, 0) is 6.18 Å². The minimum atomic E-state index is -4.50. The summed E-state index contributed by atoms with van der Waals surface area (Å²) in [5, 5.41) is 9.94. The van der Waals surface area contributed by atoms with E-state index in [-0.39, 0.29) is 17.2 Å². The number of rotatable bonds is 3. The van der Waals surface area contributed by atoms with E-state index in [0.29, 0.717) is 5.69 Å². The Morgan fingerprint density at radius 1 is 1.08 bits per heavy atom. The molecule has 3 aromatic rings. The van der Waals surface area contributed by atoms with Gasteiger partial charge in [-0.25, -0.2) is 0 Å². The number of amides is 1. The van der Waals surface area contributed by atoms with Crippen LogP contribution in [0.2, 0.25) is 0 Å². The molecule has 0 bridgehead atoms. The Kier molecular flexibility index (Phi) is 4.14. The number of hydrogen-bond acceptors (Lipinski definition) is 4. The first-order valence-electron chi connectivity index (χ1n) is 7.11. The Morgan fingerprint density at radius 2 is 1.80 bits per heavy atom. The van der Waals surface area contributed by atoms with Crippen LogP contribution in [0.1, 0.15) is 16.1 Å². The number of carbonyl (C=O) groups is 1. The standard InChI is InChI=1S/C16H12F3N5O/c17-16(18,19)10-5-4-8-12(9-10)24-14(20)13(22-23-24)15(25)21-11-6-2-1-3-7-11/h1-9H,20H2,(H,21,25). The first-order valence-corrected chi connectivity index (χ1v) is 7.11. The molecule has 3 N–H and O–H groups in total. The lowest BCUT2D eigenvalue weighted by Gasteiger charge is -2.09. The highest BCUT2D eigenvalue weighted by molar-refractivity contribution is 6.05. The summed E-state index contributed by atoms with van der Waals surface area (Å²) in [6.07, 6.45) is -4.50. The molecule has 9 heteroatoms. The second kappa shape index (κ2) is 6.27. The molecule has 0 fully saturated rings. The Balaban J connectivity index is 1.90. The van der Waals surface area contributed by atoms with Gasteiger partial charge in [-0.3, -0.25) is 4.79 Å². The Labute approximate surface area is 140 Å². The second-order valence-corrected chi connectivity index (χ2v) is 5.10. The fourth-order valence-corrected chi connectivity index (χ4v) is 2.17. The van der Waals surface area contributed by atoms with Gasteiger partial charge in [0, 0.05) is 5.69 Å². The minimum absolute atomic E-state index is 0.0542. The van der Waals surface area contributed by atoms with Crippen LogP contribution < -0.4 is 11.1 Å². The molecule has 0 aliphatic heterocycles. The topological polar surface area (TPSA) is 85.8 Å². The number of anilines is 2. The van der Waals surface area contributed by atoms with Gasteiger partial charge in [0.05, 0.1) is 11.3 Å². The van der Waals surface area contributed by atoms with Crippen LogP contribution in [0.3, 0.4) is 0 Å². The van der Waals surface area contributed by atoms with Gasteiger partial charge >= 0.3 is 6.18 Å². The molecule has 0 aliphatic carbocycles. The molecular weight excluding hydrogens is 335 g/mol. The fraction of sp³-hybridized carbons (Fsp3) is 0.0625. The number of halogens is 3. The smallest absolute Gasteiger partial charge is 0.382 e. The predicted octanol–water partition coefficient (Wildman–Crippen LogP) is 3.12. The third-order valence-corrected chi connectivity index (χ3v) is 3.37. The van der Waals surface area contributed by atoms with E-state index in [2.05, 4.69) is 15.6 Å². The molecule has 6 nitrogen and oxygen atoms in total. The number of nitrogen functional groups attached to an aromatic ring is 1. The lowest BCUT2D eigenvalue weighted by molar-refractivity contribution is -0.137. The molecule has 3 rings (SSSR count). The lowest BCUT2D eigenvalue weighted by atomic mass is 10.2. The number of nitrogens with two attached hydrogens (primary N) is 1. The van der Waals surface area contributed by atoms with Crippen molar-refractivity contribution in [2.75, 3.05) is 11.1 Å². The van der Waals surface area contributed by atoms with Crippen LogP contribution in [0.5, 0.6) is 0 Å². The molecule has 128 valence electrons. The van der Waals surface area contributed by atoms with Crippen LogP contribution in [0.4, 0.5) is 24.7 Å². The highest BCUT2D eigenvalue weighted by Crippen LogP contribution is 2.30. The van der Waals surface area contributed by atoms with E-state index >= 15 is 0 Å². The van der Waals surface area contributed by atoms with Gasteiger partial charge in [-0.05, 0) is 30.3 Å². The van der Waals surface area contributed by atoms with E-state index < -0.39 is 17.6 Å². The molecule has 1 heterocycles. The van der Waals surface area contributed by atoms with E-state index in [1.165, 1.54) is 12.1 Å². The number of carbonyl (C=O) groups excluding carboxylic acids is 1. The van der Waals surface area contributed by atoms with Gasteiger partial charge < -0.3 is 11.1 Å². The van der Waals surface area contributed by atoms with Crippen LogP contribution in [0.15, 0.2) is 54.6 Å². The van der Waals surface area contributed by atoms with Gasteiger partial charge in [0.1, 0.15) is 0 Å². The summed E-state index contributed by atoms with van der Waals surface area (Å²) in [6, 6.07) is 13.0. The number of nitrogens with one attached hydrogen (secondary N) is 1. The molecule has 1 aromatic heterocycles. The van der Waals surface area contributed by atoms with Crippen molar-refractivity contribution < 1.29 is 18.0 Å². The van der Waals surface area contributed by atoms with Crippen molar-refractivity contribution >= 4 is 17.4 Å². The van der Waals surface area contributed by atoms with Gasteiger partial charge in [0.2, 0.25) is 0 Å². The number of alkyl halides is 3. The van der Waals surface area contributed by atoms with Gasteiger partial charge in [-0.15, -0.1) is 5.10 Å². The van der Waals surface area contributed by atoms with E-state index in [9.17, 15) is 18.0 Å². The minimum Gasteiger partial charge on any atom is -0.382 e. The number of hydrogen-bond donors (Lipinski definition) is 2. The molecule has 0 unspecified atom stereocenters. The van der Waals surface area contributed by atoms with Crippen molar-refractivity contribution in [1.82, 2.24) is 15.0 Å². The number of para-hydroxylation sites is 1. The van der Waals surface area contributed by atoms with Crippen molar-refractivity contribution in [3.63, 3.8) is 0 Å². The Morgan fingerprint density at radius 3 is 2.48 bits per heavy atom. The van der Waals surface area contributed by atoms with Crippen molar-refractivity contribution in [2.24, 2.45) is 0 Å². The van der Waals surface area contributed by atoms with Crippen LogP contribution in [0.25, 0.3) is 5.69 Å². The zero-order valence-corrected chi connectivity index (χ0v) is 12.7. The molecule has 1 amide bonds. The molecule has 0 spiro atoms. The fourth-order valence-electron chi connectivity index (χ4n) is 2.17. The van der Waals surface area contributed by atoms with E-state index in [0.717, 1.165) is 16.8 Å². The first-order chi connectivity index (χ1) is 11.9. The van der Waals surface area contributed by atoms with E-state index in [4.69, 9.17) is 5.73 Å². The van der Waals surface area contributed by atoms with Gasteiger partial charge in [-0.2, -0.15) is 17.9 Å². The SMILES string of the molecule is Nc1c(C(=O)Nc2ccccc2)nnn1-c1cccc(C(F)(F)F)c1. The summed E-state index contributed by atoms with van der Waals surface area (Å²) in [7, 11) is 0. The number of nitrogens with zero attached hydrogens (tertiary/aromatic N) is 3. The Hall–Kier alpha value is -3.36. The molecule has 0 aliphatic rings. The third-order valence-electron chi connectivity index (χ3n) is 3.37. The maximum absolute atomic E-state index is 12.8. The molecule has 0 saturated carbocycles. The number of aromatic nitrogens is 3. The molecule has 0 radical (unpaired) electrons. The first kappa shape index (κ1) is 16.5. The highest BCUT2D eigenvalue weighted by atomic mass is 19.4. The summed E-state index contributed by atoms with van der Waals surface area (Å²) in [4.78, 5) is 12.2. The third kappa shape index (κ3) is 3.44. The zero-order valence-electron chi connectivity index (χ0n) is 12.7. The summed E-state index contributed by atoms with van der Waals surface area (Å²) >= 11 is 0. The van der Waals surface area contributed by atoms with Gasteiger partial charge in [0.15, 0.2) is 11.5 Å². The maximum atomic E-state index is 12.8. The lowest BCUT2D eigenvalue weighted by Crippen LogP contribution is -2.15. The monoisotopic (exact) mass is 347 g/mol. The summed E-state index contributed by atoms with van der Waals surface area (Å²) in [6.45, 7) is 0. The molecule has 2 aromatic carbocycles. The quantitative estimate of drug-likeness (QED) is 0.762. The van der Waals surface area contributed by atoms with Gasteiger partial charge in [0.25, 0.3) is 5.91 Å². The molecule has 25 heavy (non-hydrogen) atoms. The summed E-state index contributed by atoms with van der Waals surface area (Å²) in [5.41, 5.74) is 5.40. The van der Waals surface area contributed by atoms with Crippen molar-refractivity contribution in [3.8, 4) is 5.69 Å². The van der Waals surface area contributed by atoms with Crippen molar-refractivity contribution in [2.45, 2.75) is 6.18 Å². The Bertz CT molecular complexity index is 906. The predicted molar refractivity (Wildman–Crippen MR) is 85.2 cm³/mol. The van der Waals surface area contributed by atoms with E-state index in [1.807, 2.05) is 0 Å². The highest BCUT2D eigenvalue weighted by Gasteiger charge is 2.31. The maximum Gasteiger partial charge on any atom is 0.416 e. The largest absolute Gasteiger partial charge is 0.416 e. The summed E-state index contributed by atoms with van der Waals surface area (Å²) in [5.74, 6) is -0.769. The molecular formula is C16H12F3N5O. The van der Waals surface area contributed by atoms with Crippen LogP contribution in [-0.4, -0.2) is 20.9 Å². The van der Waals surface area contributed by atoms with Crippen LogP contribution in [0, 0.1) is 0 Å². The normalized spacial score (nSPS) is 11.3. The average Bonchev–Trinajstić information content (AvgIpc) is 2.97. The van der Waals surface area contributed by atoms with E-state index in [1.54, 1.807) is 30.3 Å². The summed E-state index contributed by atoms with van der Waals surface area (Å²) < 4.78 is 39.4. The average molecular weight is 347 g/mol. The second-order valence-electron chi connectivity index (χ2n) is 5.10. The van der Waals surface area contributed by atoms with Crippen molar-refractivity contribution in [1.29, 1.82) is 0 Å². The van der Waals surface area contributed by atoms with Crippen molar-refractivity contribution in [3.05, 3.63) is 65.9 Å². The van der Waals surface area contributed by atoms with Crippen LogP contribution >= 0.6 is 0 Å². The number of benzene rings is 2. The zero-order chi connectivity index (χ0) is 18.0. The molecule has 0 saturated heterocycles. The molecule has 0 atom stereocenters. The van der Waals surface area contributed by atoms with Gasteiger partial charge in [-0.1, -0.05) is 29.5 Å².